The first-order chi connectivity index (χ1) is 11.7. The van der Waals surface area contributed by atoms with E-state index in [-0.39, 0.29) is 18.6 Å². The van der Waals surface area contributed by atoms with Crippen molar-refractivity contribution in [1.29, 1.82) is 0 Å². The minimum absolute atomic E-state index is 0.0454. The van der Waals surface area contributed by atoms with Gasteiger partial charge >= 0.3 is 0 Å². The van der Waals surface area contributed by atoms with E-state index in [1.54, 1.807) is 0 Å². The molecule has 0 spiro atoms. The molecule has 0 fully saturated rings. The Balaban J connectivity index is 1.89. The number of hydrogen-bond donors (Lipinski definition) is 2. The fourth-order valence-corrected chi connectivity index (χ4v) is 2.89. The predicted molar refractivity (Wildman–Crippen MR) is 95.8 cm³/mol. The first kappa shape index (κ1) is 16.3. The largest absolute Gasteiger partial charge is 0.396 e. The van der Waals surface area contributed by atoms with Crippen LogP contribution in [0.2, 0.25) is 0 Å². The van der Waals surface area contributed by atoms with Crippen molar-refractivity contribution in [1.82, 2.24) is 9.88 Å². The Hall–Kier alpha value is -2.59. The van der Waals surface area contributed by atoms with Gasteiger partial charge in [-0.1, -0.05) is 48.5 Å². The summed E-state index contributed by atoms with van der Waals surface area (Å²) in [6.45, 7) is 2.56. The Morgan fingerprint density at radius 3 is 2.54 bits per heavy atom. The SMILES string of the molecule is CC(CCO)N(Cc1ccccc1)C(=O)c1cc2ccccc2[nH]1. The number of carbonyl (C=O) groups excluding carboxylic acids is 1. The summed E-state index contributed by atoms with van der Waals surface area (Å²) in [5, 5.41) is 10.3. The highest BCUT2D eigenvalue weighted by Crippen LogP contribution is 2.19. The van der Waals surface area contributed by atoms with E-state index in [1.807, 2.05) is 72.5 Å². The molecule has 2 aromatic carbocycles. The second-order valence-corrected chi connectivity index (χ2v) is 6.05. The molecule has 3 rings (SSSR count). The molecular formula is C20H22N2O2. The molecule has 4 heteroatoms. The summed E-state index contributed by atoms with van der Waals surface area (Å²) < 4.78 is 0. The van der Waals surface area contributed by atoms with Gasteiger partial charge in [0.05, 0.1) is 0 Å². The summed E-state index contributed by atoms with van der Waals surface area (Å²) in [6.07, 6.45) is 0.554. The standard InChI is InChI=1S/C20H22N2O2/c1-15(11-12-23)22(14-16-7-3-2-4-8-16)20(24)19-13-17-9-5-6-10-18(17)21-19/h2-10,13,15,21,23H,11-12,14H2,1H3. The Labute approximate surface area is 141 Å². The molecular weight excluding hydrogens is 300 g/mol. The Kier molecular flexibility index (Phi) is 4.96. The van der Waals surface area contributed by atoms with Gasteiger partial charge in [0, 0.05) is 30.1 Å². The Morgan fingerprint density at radius 2 is 1.83 bits per heavy atom. The van der Waals surface area contributed by atoms with Gasteiger partial charge < -0.3 is 15.0 Å². The number of carbonyl (C=O) groups is 1. The lowest BCUT2D eigenvalue weighted by Crippen LogP contribution is -2.38. The van der Waals surface area contributed by atoms with Gasteiger partial charge in [-0.15, -0.1) is 0 Å². The highest BCUT2D eigenvalue weighted by Gasteiger charge is 2.23. The van der Waals surface area contributed by atoms with Crippen LogP contribution in [0.5, 0.6) is 0 Å². The molecule has 1 unspecified atom stereocenters. The van der Waals surface area contributed by atoms with E-state index in [4.69, 9.17) is 0 Å². The third-order valence-electron chi connectivity index (χ3n) is 4.30. The second kappa shape index (κ2) is 7.32. The molecule has 0 radical (unpaired) electrons. The molecule has 0 bridgehead atoms. The van der Waals surface area contributed by atoms with Gasteiger partial charge in [0.2, 0.25) is 0 Å². The number of aromatic nitrogens is 1. The number of aliphatic hydroxyl groups excluding tert-OH is 1. The van der Waals surface area contributed by atoms with Crippen LogP contribution in [0.15, 0.2) is 60.7 Å². The number of amides is 1. The Bertz CT molecular complexity index is 778. The molecule has 0 aliphatic carbocycles. The summed E-state index contributed by atoms with van der Waals surface area (Å²) >= 11 is 0. The normalized spacial score (nSPS) is 12.2. The molecule has 1 heterocycles. The van der Waals surface area contributed by atoms with E-state index in [0.717, 1.165) is 16.5 Å². The molecule has 0 saturated carbocycles. The van der Waals surface area contributed by atoms with Crippen molar-refractivity contribution in [3.8, 4) is 0 Å². The fraction of sp³-hybridized carbons (Fsp3) is 0.250. The first-order valence-electron chi connectivity index (χ1n) is 8.22. The zero-order valence-electron chi connectivity index (χ0n) is 13.8. The van der Waals surface area contributed by atoms with Crippen LogP contribution < -0.4 is 0 Å². The number of nitrogens with zero attached hydrogens (tertiary/aromatic N) is 1. The molecule has 1 aromatic heterocycles. The summed E-state index contributed by atoms with van der Waals surface area (Å²) in [5.41, 5.74) is 2.61. The van der Waals surface area contributed by atoms with Gasteiger partial charge in [-0.3, -0.25) is 4.79 Å². The number of benzene rings is 2. The topological polar surface area (TPSA) is 56.3 Å². The monoisotopic (exact) mass is 322 g/mol. The first-order valence-corrected chi connectivity index (χ1v) is 8.22. The molecule has 3 aromatic rings. The molecule has 1 atom stereocenters. The van der Waals surface area contributed by atoms with Gasteiger partial charge in [-0.05, 0) is 31.0 Å². The molecule has 0 saturated heterocycles. The van der Waals surface area contributed by atoms with Crippen LogP contribution in [0.25, 0.3) is 10.9 Å². The van der Waals surface area contributed by atoms with Crippen molar-refractivity contribution < 1.29 is 9.90 Å². The molecule has 4 nitrogen and oxygen atoms in total. The van der Waals surface area contributed by atoms with E-state index in [2.05, 4.69) is 4.98 Å². The molecule has 124 valence electrons. The number of H-pyrrole nitrogens is 1. The number of nitrogens with one attached hydrogen (secondary N) is 1. The van der Waals surface area contributed by atoms with Gasteiger partial charge in [-0.25, -0.2) is 0 Å². The van der Waals surface area contributed by atoms with Crippen molar-refractivity contribution in [3.63, 3.8) is 0 Å². The minimum atomic E-state index is -0.0471. The van der Waals surface area contributed by atoms with Crippen LogP contribution in [0.1, 0.15) is 29.4 Å². The number of fused-ring (bicyclic) bond motifs is 1. The average molecular weight is 322 g/mol. The van der Waals surface area contributed by atoms with Gasteiger partial charge in [-0.2, -0.15) is 0 Å². The van der Waals surface area contributed by atoms with Crippen molar-refractivity contribution in [2.75, 3.05) is 6.61 Å². The Morgan fingerprint density at radius 1 is 1.12 bits per heavy atom. The zero-order chi connectivity index (χ0) is 16.9. The van der Waals surface area contributed by atoms with E-state index in [1.165, 1.54) is 0 Å². The second-order valence-electron chi connectivity index (χ2n) is 6.05. The summed E-state index contributed by atoms with van der Waals surface area (Å²) in [5.74, 6) is -0.0454. The lowest BCUT2D eigenvalue weighted by atomic mass is 10.1. The third kappa shape index (κ3) is 3.49. The van der Waals surface area contributed by atoms with E-state index in [9.17, 15) is 9.90 Å². The average Bonchev–Trinajstić information content (AvgIpc) is 3.04. The van der Waals surface area contributed by atoms with Crippen LogP contribution in [0, 0.1) is 0 Å². The number of rotatable bonds is 6. The van der Waals surface area contributed by atoms with E-state index < -0.39 is 0 Å². The fourth-order valence-electron chi connectivity index (χ4n) is 2.89. The van der Waals surface area contributed by atoms with Crippen LogP contribution >= 0.6 is 0 Å². The summed E-state index contributed by atoms with van der Waals surface area (Å²) in [4.78, 5) is 18.1. The summed E-state index contributed by atoms with van der Waals surface area (Å²) in [6, 6.07) is 19.6. The van der Waals surface area contributed by atoms with Crippen molar-refractivity contribution in [2.45, 2.75) is 25.9 Å². The summed E-state index contributed by atoms with van der Waals surface area (Å²) in [7, 11) is 0. The van der Waals surface area contributed by atoms with E-state index >= 15 is 0 Å². The number of aliphatic hydroxyl groups is 1. The molecule has 0 aliphatic rings. The number of para-hydroxylation sites is 1. The molecule has 0 aliphatic heterocycles. The third-order valence-corrected chi connectivity index (χ3v) is 4.30. The van der Waals surface area contributed by atoms with Crippen molar-refractivity contribution in [3.05, 3.63) is 71.9 Å². The maximum absolute atomic E-state index is 13.0. The number of hydrogen-bond acceptors (Lipinski definition) is 2. The van der Waals surface area contributed by atoms with Crippen molar-refractivity contribution in [2.24, 2.45) is 0 Å². The van der Waals surface area contributed by atoms with Crippen molar-refractivity contribution >= 4 is 16.8 Å². The number of aromatic amines is 1. The highest BCUT2D eigenvalue weighted by atomic mass is 16.3. The highest BCUT2D eigenvalue weighted by molar-refractivity contribution is 5.98. The predicted octanol–water partition coefficient (Wildman–Crippen LogP) is 3.58. The maximum Gasteiger partial charge on any atom is 0.270 e. The minimum Gasteiger partial charge on any atom is -0.396 e. The van der Waals surface area contributed by atoms with Crippen LogP contribution in [0.3, 0.4) is 0 Å². The molecule has 1 amide bonds. The molecule has 2 N–H and O–H groups in total. The van der Waals surface area contributed by atoms with Crippen LogP contribution in [0.4, 0.5) is 0 Å². The van der Waals surface area contributed by atoms with Gasteiger partial charge in [0.25, 0.3) is 5.91 Å². The maximum atomic E-state index is 13.0. The van der Waals surface area contributed by atoms with Crippen LogP contribution in [-0.2, 0) is 6.54 Å². The van der Waals surface area contributed by atoms with Gasteiger partial charge in [0.15, 0.2) is 0 Å². The van der Waals surface area contributed by atoms with Gasteiger partial charge in [0.1, 0.15) is 5.69 Å². The lowest BCUT2D eigenvalue weighted by Gasteiger charge is -2.28. The zero-order valence-corrected chi connectivity index (χ0v) is 13.8. The smallest absolute Gasteiger partial charge is 0.270 e. The molecule has 24 heavy (non-hydrogen) atoms. The lowest BCUT2D eigenvalue weighted by molar-refractivity contribution is 0.0643. The van der Waals surface area contributed by atoms with Crippen LogP contribution in [-0.4, -0.2) is 33.5 Å². The van der Waals surface area contributed by atoms with E-state index in [0.29, 0.717) is 18.7 Å². The quantitative estimate of drug-likeness (QED) is 0.729.